The Morgan fingerprint density at radius 1 is 1.29 bits per heavy atom. The number of sulfonamides is 1. The van der Waals surface area contributed by atoms with Gasteiger partial charge < -0.3 is 10.5 Å². The van der Waals surface area contributed by atoms with Gasteiger partial charge in [-0.15, -0.1) is 0 Å². The number of rotatable bonds is 6. The van der Waals surface area contributed by atoms with Crippen LogP contribution in [-0.2, 0) is 23.1 Å². The van der Waals surface area contributed by atoms with Gasteiger partial charge in [0, 0.05) is 31.5 Å². The molecule has 2 heterocycles. The van der Waals surface area contributed by atoms with E-state index in [2.05, 4.69) is 14.7 Å². The molecule has 2 aromatic rings. The summed E-state index contributed by atoms with van der Waals surface area (Å²) in [5.74, 6) is 0.472. The van der Waals surface area contributed by atoms with E-state index in [0.717, 1.165) is 5.56 Å². The van der Waals surface area contributed by atoms with Crippen LogP contribution < -0.4 is 15.2 Å². The molecule has 0 unspecified atom stereocenters. The Labute approximate surface area is 123 Å². The predicted molar refractivity (Wildman–Crippen MR) is 76.9 cm³/mol. The minimum Gasteiger partial charge on any atom is -0.481 e. The number of hydrogen-bond donors (Lipinski definition) is 2. The fourth-order valence-corrected chi connectivity index (χ4v) is 2.93. The lowest BCUT2D eigenvalue weighted by atomic mass is 10.3. The fourth-order valence-electron chi connectivity index (χ4n) is 1.71. The molecule has 3 N–H and O–H groups in total. The third kappa shape index (κ3) is 3.75. The molecular formula is C13H16N4O3S. The van der Waals surface area contributed by atoms with Crippen molar-refractivity contribution in [2.45, 2.75) is 18.0 Å². The minimum absolute atomic E-state index is 0.0567. The number of pyridine rings is 2. The summed E-state index contributed by atoms with van der Waals surface area (Å²) in [5.41, 5.74) is 6.56. The van der Waals surface area contributed by atoms with E-state index in [1.807, 2.05) is 0 Å². The molecule has 0 aliphatic rings. The smallest absolute Gasteiger partial charge is 0.242 e. The minimum atomic E-state index is -3.67. The average molecular weight is 308 g/mol. The molecule has 0 atom stereocenters. The van der Waals surface area contributed by atoms with E-state index < -0.39 is 10.0 Å². The Balaban J connectivity index is 2.13. The van der Waals surface area contributed by atoms with Crippen molar-refractivity contribution in [3.8, 4) is 5.88 Å². The van der Waals surface area contributed by atoms with Crippen molar-refractivity contribution in [2.75, 3.05) is 7.11 Å². The highest BCUT2D eigenvalue weighted by molar-refractivity contribution is 7.89. The molecule has 7 nitrogen and oxygen atoms in total. The van der Waals surface area contributed by atoms with Gasteiger partial charge in [-0.05, 0) is 17.7 Å². The molecule has 0 amide bonds. The first-order valence-electron chi connectivity index (χ1n) is 6.19. The summed E-state index contributed by atoms with van der Waals surface area (Å²) >= 11 is 0. The average Bonchev–Trinajstić information content (AvgIpc) is 2.53. The van der Waals surface area contributed by atoms with E-state index >= 15 is 0 Å². The molecule has 8 heteroatoms. The van der Waals surface area contributed by atoms with Gasteiger partial charge in [-0.2, -0.15) is 0 Å². The zero-order valence-corrected chi connectivity index (χ0v) is 12.3. The van der Waals surface area contributed by atoms with Gasteiger partial charge >= 0.3 is 0 Å². The maximum atomic E-state index is 12.3. The van der Waals surface area contributed by atoms with Gasteiger partial charge in [0.2, 0.25) is 15.9 Å². The number of methoxy groups -OCH3 is 1. The second kappa shape index (κ2) is 6.61. The molecule has 0 aromatic carbocycles. The van der Waals surface area contributed by atoms with Gasteiger partial charge in [0.25, 0.3) is 0 Å². The van der Waals surface area contributed by atoms with Crippen molar-refractivity contribution in [1.29, 1.82) is 0 Å². The lowest BCUT2D eigenvalue weighted by molar-refractivity contribution is 0.397. The van der Waals surface area contributed by atoms with E-state index in [0.29, 0.717) is 11.6 Å². The number of nitrogens with one attached hydrogen (secondary N) is 1. The quantitative estimate of drug-likeness (QED) is 0.801. The SMILES string of the molecule is COc1ccc(CNS(=O)(=O)c2cccnc2CN)cn1. The third-order valence-corrected chi connectivity index (χ3v) is 4.28. The zero-order valence-electron chi connectivity index (χ0n) is 11.5. The summed E-state index contributed by atoms with van der Waals surface area (Å²) in [6, 6.07) is 6.44. The van der Waals surface area contributed by atoms with Gasteiger partial charge in [0.1, 0.15) is 4.90 Å². The zero-order chi connectivity index (χ0) is 15.3. The van der Waals surface area contributed by atoms with Gasteiger partial charge in [-0.3, -0.25) is 4.98 Å². The normalized spacial score (nSPS) is 11.3. The van der Waals surface area contributed by atoms with E-state index in [9.17, 15) is 8.42 Å². The number of nitrogens with zero attached hydrogens (tertiary/aromatic N) is 2. The van der Waals surface area contributed by atoms with Crippen LogP contribution >= 0.6 is 0 Å². The summed E-state index contributed by atoms with van der Waals surface area (Å²) in [4.78, 5) is 8.07. The van der Waals surface area contributed by atoms with Crippen molar-refractivity contribution in [3.63, 3.8) is 0 Å². The van der Waals surface area contributed by atoms with Gasteiger partial charge in [-0.25, -0.2) is 18.1 Å². The summed E-state index contributed by atoms with van der Waals surface area (Å²) in [6.07, 6.45) is 3.06. The Kier molecular flexibility index (Phi) is 4.84. The number of ether oxygens (including phenoxy) is 1. The predicted octanol–water partition coefficient (Wildman–Crippen LogP) is 0.422. The lowest BCUT2D eigenvalue weighted by Gasteiger charge is -2.09. The molecule has 0 saturated heterocycles. The van der Waals surface area contributed by atoms with Crippen LogP contribution in [0.25, 0.3) is 0 Å². The first-order chi connectivity index (χ1) is 10.1. The van der Waals surface area contributed by atoms with Crippen LogP contribution in [0.3, 0.4) is 0 Å². The maximum absolute atomic E-state index is 12.3. The van der Waals surface area contributed by atoms with E-state index in [1.165, 1.54) is 19.4 Å². The lowest BCUT2D eigenvalue weighted by Crippen LogP contribution is -2.25. The highest BCUT2D eigenvalue weighted by atomic mass is 32.2. The summed E-state index contributed by atoms with van der Waals surface area (Å²) in [7, 11) is -2.15. The highest BCUT2D eigenvalue weighted by Gasteiger charge is 2.18. The van der Waals surface area contributed by atoms with E-state index in [1.54, 1.807) is 24.4 Å². The van der Waals surface area contributed by atoms with Gasteiger partial charge in [0.15, 0.2) is 0 Å². The monoisotopic (exact) mass is 308 g/mol. The number of aromatic nitrogens is 2. The highest BCUT2D eigenvalue weighted by Crippen LogP contribution is 2.13. The molecule has 0 bridgehead atoms. The molecule has 0 saturated carbocycles. The molecule has 2 rings (SSSR count). The van der Waals surface area contributed by atoms with Crippen molar-refractivity contribution >= 4 is 10.0 Å². The van der Waals surface area contributed by atoms with E-state index in [-0.39, 0.29) is 18.0 Å². The number of nitrogens with two attached hydrogens (primary N) is 1. The van der Waals surface area contributed by atoms with Gasteiger partial charge in [-0.1, -0.05) is 6.07 Å². The Bertz CT molecular complexity index is 702. The van der Waals surface area contributed by atoms with Crippen molar-refractivity contribution < 1.29 is 13.2 Å². The van der Waals surface area contributed by atoms with Crippen molar-refractivity contribution in [1.82, 2.24) is 14.7 Å². The second-order valence-corrected chi connectivity index (χ2v) is 5.92. The van der Waals surface area contributed by atoms with Crippen LogP contribution in [0, 0.1) is 0 Å². The van der Waals surface area contributed by atoms with Gasteiger partial charge in [0.05, 0.1) is 12.8 Å². The van der Waals surface area contributed by atoms with Crippen LogP contribution in [0.2, 0.25) is 0 Å². The molecule has 0 aliphatic carbocycles. The maximum Gasteiger partial charge on any atom is 0.242 e. The fraction of sp³-hybridized carbons (Fsp3) is 0.231. The van der Waals surface area contributed by atoms with Crippen LogP contribution in [0.1, 0.15) is 11.3 Å². The molecule has 0 aliphatic heterocycles. The van der Waals surface area contributed by atoms with Crippen molar-refractivity contribution in [3.05, 3.63) is 47.9 Å². The summed E-state index contributed by atoms with van der Waals surface area (Å²) in [6.45, 7) is 0.180. The first-order valence-corrected chi connectivity index (χ1v) is 7.67. The Morgan fingerprint density at radius 3 is 2.71 bits per heavy atom. The van der Waals surface area contributed by atoms with Crippen LogP contribution in [0.5, 0.6) is 5.88 Å². The van der Waals surface area contributed by atoms with Crippen LogP contribution in [0.4, 0.5) is 0 Å². The summed E-state index contributed by atoms with van der Waals surface area (Å²) < 4.78 is 32.0. The summed E-state index contributed by atoms with van der Waals surface area (Å²) in [5, 5.41) is 0. The second-order valence-electron chi connectivity index (χ2n) is 4.19. The molecular weight excluding hydrogens is 292 g/mol. The standard InChI is InChI=1S/C13H16N4O3S/c1-20-13-5-4-10(8-16-13)9-17-21(18,19)12-3-2-6-15-11(12)7-14/h2-6,8,17H,7,9,14H2,1H3. The third-order valence-electron chi connectivity index (χ3n) is 2.80. The Morgan fingerprint density at radius 2 is 2.10 bits per heavy atom. The van der Waals surface area contributed by atoms with Crippen molar-refractivity contribution in [2.24, 2.45) is 5.73 Å². The topological polar surface area (TPSA) is 107 Å². The molecule has 0 spiro atoms. The van der Waals surface area contributed by atoms with Crippen LogP contribution in [0.15, 0.2) is 41.6 Å². The van der Waals surface area contributed by atoms with E-state index in [4.69, 9.17) is 10.5 Å². The molecule has 0 fully saturated rings. The first kappa shape index (κ1) is 15.4. The molecule has 2 aromatic heterocycles. The number of hydrogen-bond acceptors (Lipinski definition) is 6. The largest absolute Gasteiger partial charge is 0.481 e. The molecule has 0 radical (unpaired) electrons. The Hall–Kier alpha value is -2.03. The molecule has 112 valence electrons. The van der Waals surface area contributed by atoms with Crippen LogP contribution in [-0.4, -0.2) is 25.5 Å². The molecule has 21 heavy (non-hydrogen) atoms.